The van der Waals surface area contributed by atoms with Gasteiger partial charge in [0.1, 0.15) is 5.78 Å². The summed E-state index contributed by atoms with van der Waals surface area (Å²) in [6.45, 7) is 2.20. The highest BCUT2D eigenvalue weighted by Gasteiger charge is 2.06. The molecule has 1 aromatic carbocycles. The predicted molar refractivity (Wildman–Crippen MR) is 87.6 cm³/mol. The Kier molecular flexibility index (Phi) is 9.43. The Labute approximate surface area is 128 Å². The van der Waals surface area contributed by atoms with E-state index in [2.05, 4.69) is 6.92 Å². The van der Waals surface area contributed by atoms with Crippen molar-refractivity contribution in [3.63, 3.8) is 0 Å². The van der Waals surface area contributed by atoms with E-state index in [0.717, 1.165) is 31.2 Å². The maximum absolute atomic E-state index is 11.9. The number of benzene rings is 1. The first kappa shape index (κ1) is 17.6. The van der Waals surface area contributed by atoms with Crippen molar-refractivity contribution in [2.45, 2.75) is 71.1 Å². The van der Waals surface area contributed by atoms with Crippen molar-refractivity contribution in [3.05, 3.63) is 35.9 Å². The second-order valence-electron chi connectivity index (χ2n) is 5.70. The van der Waals surface area contributed by atoms with E-state index in [1.54, 1.807) is 0 Å². The van der Waals surface area contributed by atoms with Crippen LogP contribution in [-0.4, -0.2) is 11.6 Å². The third-order valence-electron chi connectivity index (χ3n) is 3.76. The van der Waals surface area contributed by atoms with Crippen LogP contribution in [-0.2, 0) is 4.79 Å². The normalized spacial score (nSPS) is 10.5. The molecule has 0 aliphatic heterocycles. The van der Waals surface area contributed by atoms with E-state index >= 15 is 0 Å². The van der Waals surface area contributed by atoms with Crippen molar-refractivity contribution in [3.8, 4) is 0 Å². The van der Waals surface area contributed by atoms with E-state index < -0.39 is 0 Å². The fourth-order valence-electron chi connectivity index (χ4n) is 2.43. The van der Waals surface area contributed by atoms with Gasteiger partial charge in [0.2, 0.25) is 0 Å². The van der Waals surface area contributed by atoms with E-state index in [9.17, 15) is 9.59 Å². The highest BCUT2D eigenvalue weighted by Crippen LogP contribution is 2.11. The number of rotatable bonds is 12. The molecule has 0 N–H and O–H groups in total. The van der Waals surface area contributed by atoms with Gasteiger partial charge in [-0.2, -0.15) is 0 Å². The second-order valence-corrected chi connectivity index (χ2v) is 5.70. The Morgan fingerprint density at radius 1 is 0.762 bits per heavy atom. The summed E-state index contributed by atoms with van der Waals surface area (Å²) in [5.74, 6) is 0.543. The third-order valence-corrected chi connectivity index (χ3v) is 3.76. The number of hydrogen-bond donors (Lipinski definition) is 0. The number of ketones is 2. The molecule has 0 bridgehead atoms. The van der Waals surface area contributed by atoms with Crippen LogP contribution in [0.5, 0.6) is 0 Å². The molecule has 1 rings (SSSR count). The largest absolute Gasteiger partial charge is 0.300 e. The molecule has 0 atom stereocenters. The summed E-state index contributed by atoms with van der Waals surface area (Å²) in [4.78, 5) is 23.6. The summed E-state index contributed by atoms with van der Waals surface area (Å²) >= 11 is 0. The van der Waals surface area contributed by atoms with Gasteiger partial charge >= 0.3 is 0 Å². The summed E-state index contributed by atoms with van der Waals surface area (Å²) in [7, 11) is 0. The Balaban J connectivity index is 2.03. The first-order valence-electron chi connectivity index (χ1n) is 8.34. The molecule has 0 unspecified atom stereocenters. The van der Waals surface area contributed by atoms with Crippen LogP contribution in [0.25, 0.3) is 0 Å². The molecular weight excluding hydrogens is 260 g/mol. The lowest BCUT2D eigenvalue weighted by Gasteiger charge is -2.02. The Hall–Kier alpha value is -1.44. The number of carbonyl (C=O) groups is 2. The fourth-order valence-corrected chi connectivity index (χ4v) is 2.43. The van der Waals surface area contributed by atoms with Crippen molar-refractivity contribution >= 4 is 11.6 Å². The van der Waals surface area contributed by atoms with Crippen molar-refractivity contribution in [2.75, 3.05) is 0 Å². The average Bonchev–Trinajstić information content (AvgIpc) is 2.52. The van der Waals surface area contributed by atoms with E-state index in [1.807, 2.05) is 30.3 Å². The van der Waals surface area contributed by atoms with Gasteiger partial charge < -0.3 is 0 Å². The van der Waals surface area contributed by atoms with Crippen LogP contribution < -0.4 is 0 Å². The minimum absolute atomic E-state index is 0.183. The van der Waals surface area contributed by atoms with Gasteiger partial charge in [-0.25, -0.2) is 0 Å². The van der Waals surface area contributed by atoms with E-state index in [1.165, 1.54) is 25.7 Å². The zero-order valence-corrected chi connectivity index (χ0v) is 13.3. The van der Waals surface area contributed by atoms with Gasteiger partial charge in [-0.3, -0.25) is 9.59 Å². The molecule has 0 aliphatic rings. The second kappa shape index (κ2) is 11.2. The van der Waals surface area contributed by atoms with Crippen LogP contribution in [0.2, 0.25) is 0 Å². The molecule has 116 valence electrons. The molecule has 2 heteroatoms. The van der Waals surface area contributed by atoms with E-state index in [4.69, 9.17) is 0 Å². The first-order chi connectivity index (χ1) is 10.2. The van der Waals surface area contributed by atoms with Crippen molar-refractivity contribution < 1.29 is 9.59 Å². The van der Waals surface area contributed by atoms with Crippen LogP contribution in [0.15, 0.2) is 30.3 Å². The molecule has 0 heterocycles. The van der Waals surface area contributed by atoms with Gasteiger partial charge in [-0.1, -0.05) is 62.9 Å². The molecule has 0 saturated heterocycles. The summed E-state index contributed by atoms with van der Waals surface area (Å²) in [6, 6.07) is 9.38. The number of carbonyl (C=O) groups excluding carboxylic acids is 2. The van der Waals surface area contributed by atoms with Crippen LogP contribution in [0.1, 0.15) is 81.5 Å². The number of hydrogen-bond acceptors (Lipinski definition) is 2. The van der Waals surface area contributed by atoms with Crippen LogP contribution >= 0.6 is 0 Å². The van der Waals surface area contributed by atoms with E-state index in [0.29, 0.717) is 18.6 Å². The maximum Gasteiger partial charge on any atom is 0.162 e. The lowest BCUT2D eigenvalue weighted by molar-refractivity contribution is -0.119. The molecule has 0 fully saturated rings. The van der Waals surface area contributed by atoms with Gasteiger partial charge in [0.25, 0.3) is 0 Å². The molecule has 1 aromatic rings. The Morgan fingerprint density at radius 3 is 2.00 bits per heavy atom. The fraction of sp³-hybridized carbons (Fsp3) is 0.579. The predicted octanol–water partition coefficient (Wildman–Crippen LogP) is 5.36. The standard InChI is InChI=1S/C19H28O2/c1-2-3-4-5-9-14-18(20)15-10-11-16-19(21)17-12-7-6-8-13-17/h6-8,12-13H,2-5,9-11,14-16H2,1H3. The zero-order chi connectivity index (χ0) is 15.3. The summed E-state index contributed by atoms with van der Waals surface area (Å²) in [5.41, 5.74) is 0.778. The summed E-state index contributed by atoms with van der Waals surface area (Å²) in [6.07, 6.45) is 9.52. The molecule has 0 amide bonds. The van der Waals surface area contributed by atoms with Crippen molar-refractivity contribution in [1.29, 1.82) is 0 Å². The lowest BCUT2D eigenvalue weighted by atomic mass is 10.0. The minimum atomic E-state index is 0.183. The SMILES string of the molecule is CCCCCCCC(=O)CCCCC(=O)c1ccccc1. The topological polar surface area (TPSA) is 34.1 Å². The summed E-state index contributed by atoms with van der Waals surface area (Å²) in [5, 5.41) is 0. The van der Waals surface area contributed by atoms with Gasteiger partial charge in [-0.15, -0.1) is 0 Å². The molecule has 21 heavy (non-hydrogen) atoms. The number of unbranched alkanes of at least 4 members (excludes halogenated alkanes) is 5. The molecule has 2 nitrogen and oxygen atoms in total. The average molecular weight is 288 g/mol. The van der Waals surface area contributed by atoms with Crippen LogP contribution in [0, 0.1) is 0 Å². The van der Waals surface area contributed by atoms with Gasteiger partial charge in [0.15, 0.2) is 5.78 Å². The summed E-state index contributed by atoms with van der Waals surface area (Å²) < 4.78 is 0. The quantitative estimate of drug-likeness (QED) is 0.383. The third kappa shape index (κ3) is 8.44. The van der Waals surface area contributed by atoms with E-state index in [-0.39, 0.29) is 5.78 Å². The molecule has 0 aliphatic carbocycles. The molecule has 0 aromatic heterocycles. The van der Waals surface area contributed by atoms with Gasteiger partial charge in [-0.05, 0) is 19.3 Å². The smallest absolute Gasteiger partial charge is 0.162 e. The molecular formula is C19H28O2. The Morgan fingerprint density at radius 2 is 1.33 bits per heavy atom. The van der Waals surface area contributed by atoms with Crippen molar-refractivity contribution in [1.82, 2.24) is 0 Å². The molecule has 0 spiro atoms. The lowest BCUT2D eigenvalue weighted by Crippen LogP contribution is -2.01. The van der Waals surface area contributed by atoms with Gasteiger partial charge in [0, 0.05) is 24.8 Å². The Bertz CT molecular complexity index is 409. The van der Waals surface area contributed by atoms with Crippen LogP contribution in [0.3, 0.4) is 0 Å². The minimum Gasteiger partial charge on any atom is -0.300 e. The highest BCUT2D eigenvalue weighted by molar-refractivity contribution is 5.95. The highest BCUT2D eigenvalue weighted by atomic mass is 16.1. The van der Waals surface area contributed by atoms with Crippen molar-refractivity contribution in [2.24, 2.45) is 0 Å². The van der Waals surface area contributed by atoms with Gasteiger partial charge in [0.05, 0.1) is 0 Å². The monoisotopic (exact) mass is 288 g/mol. The first-order valence-corrected chi connectivity index (χ1v) is 8.34. The molecule has 0 saturated carbocycles. The zero-order valence-electron chi connectivity index (χ0n) is 13.3. The molecule has 0 radical (unpaired) electrons. The number of Topliss-reactive ketones (excluding diaryl/α,β-unsaturated/α-hetero) is 2. The maximum atomic E-state index is 11.9. The van der Waals surface area contributed by atoms with Crippen LogP contribution in [0.4, 0.5) is 0 Å².